The minimum absolute atomic E-state index is 0.0417. The fourth-order valence-corrected chi connectivity index (χ4v) is 4.08. The summed E-state index contributed by atoms with van der Waals surface area (Å²) in [6.07, 6.45) is 24.5. The van der Waals surface area contributed by atoms with Gasteiger partial charge in [0.25, 0.3) is 0 Å². The Kier molecular flexibility index (Phi) is 21.8. The molecular formula is C27H54O2. The van der Waals surface area contributed by atoms with Crippen LogP contribution in [-0.4, -0.2) is 12.6 Å². The molecule has 0 radical (unpaired) electrons. The first-order valence-corrected chi connectivity index (χ1v) is 13.3. The number of carbonyl (C=O) groups is 1. The summed E-state index contributed by atoms with van der Waals surface area (Å²) in [5, 5.41) is 0. The number of carbonyl (C=O) groups excluding carboxylic acids is 1. The van der Waals surface area contributed by atoms with Crippen molar-refractivity contribution in [3.8, 4) is 0 Å². The van der Waals surface area contributed by atoms with Gasteiger partial charge in [-0.2, -0.15) is 0 Å². The van der Waals surface area contributed by atoms with Gasteiger partial charge in [0.05, 0.1) is 12.5 Å². The van der Waals surface area contributed by atoms with Crippen molar-refractivity contribution >= 4 is 5.97 Å². The zero-order valence-corrected chi connectivity index (χ0v) is 20.6. The van der Waals surface area contributed by atoms with Crippen LogP contribution in [0.1, 0.15) is 150 Å². The van der Waals surface area contributed by atoms with Gasteiger partial charge < -0.3 is 4.74 Å². The summed E-state index contributed by atoms with van der Waals surface area (Å²) in [6, 6.07) is 0. The van der Waals surface area contributed by atoms with Crippen molar-refractivity contribution in [2.75, 3.05) is 6.61 Å². The van der Waals surface area contributed by atoms with Crippen LogP contribution in [-0.2, 0) is 9.53 Å². The normalized spacial score (nSPS) is 13.4. The van der Waals surface area contributed by atoms with Crippen molar-refractivity contribution in [3.05, 3.63) is 0 Å². The molecule has 0 aromatic carbocycles. The number of ether oxygens (including phenoxy) is 1. The van der Waals surface area contributed by atoms with E-state index in [-0.39, 0.29) is 11.9 Å². The van der Waals surface area contributed by atoms with Gasteiger partial charge in [0.15, 0.2) is 0 Å². The third-order valence-corrected chi connectivity index (χ3v) is 6.29. The highest BCUT2D eigenvalue weighted by Gasteiger charge is 2.17. The molecule has 2 atom stereocenters. The molecule has 0 fully saturated rings. The van der Waals surface area contributed by atoms with Crippen molar-refractivity contribution in [2.45, 2.75) is 150 Å². The minimum Gasteiger partial charge on any atom is -0.465 e. The summed E-state index contributed by atoms with van der Waals surface area (Å²) in [7, 11) is 0. The number of unbranched alkanes of at least 4 members (excludes halogenated alkanes) is 13. The Bertz CT molecular complexity index is 339. The van der Waals surface area contributed by atoms with E-state index in [4.69, 9.17) is 4.74 Å². The predicted octanol–water partition coefficient (Wildman–Crippen LogP) is 9.25. The Balaban J connectivity index is 4.06. The topological polar surface area (TPSA) is 26.3 Å². The van der Waals surface area contributed by atoms with Gasteiger partial charge >= 0.3 is 5.97 Å². The average Bonchev–Trinajstić information content (AvgIpc) is 2.73. The molecule has 0 saturated heterocycles. The highest BCUT2D eigenvalue weighted by atomic mass is 16.5. The lowest BCUT2D eigenvalue weighted by molar-refractivity contribution is -0.149. The molecule has 2 nitrogen and oxygen atoms in total. The lowest BCUT2D eigenvalue weighted by Crippen LogP contribution is -2.20. The summed E-state index contributed by atoms with van der Waals surface area (Å²) in [4.78, 5) is 12.4. The summed E-state index contributed by atoms with van der Waals surface area (Å²) in [5.41, 5.74) is 0. The minimum atomic E-state index is 0.0417. The predicted molar refractivity (Wildman–Crippen MR) is 128 cm³/mol. The van der Waals surface area contributed by atoms with E-state index in [9.17, 15) is 4.79 Å². The average molecular weight is 411 g/mol. The Labute approximate surface area is 184 Å². The summed E-state index contributed by atoms with van der Waals surface area (Å²) < 4.78 is 5.78. The molecular weight excluding hydrogens is 356 g/mol. The molecule has 0 aliphatic carbocycles. The molecule has 0 rings (SSSR count). The molecule has 0 N–H and O–H groups in total. The fraction of sp³-hybridized carbons (Fsp3) is 0.963. The monoisotopic (exact) mass is 410 g/mol. The second kappa shape index (κ2) is 22.2. The molecule has 0 aromatic rings. The number of rotatable bonds is 22. The smallest absolute Gasteiger partial charge is 0.308 e. The van der Waals surface area contributed by atoms with E-state index in [1.54, 1.807) is 0 Å². The van der Waals surface area contributed by atoms with Crippen molar-refractivity contribution in [1.29, 1.82) is 0 Å². The molecule has 0 amide bonds. The quantitative estimate of drug-likeness (QED) is 0.131. The van der Waals surface area contributed by atoms with Crippen LogP contribution in [0.3, 0.4) is 0 Å². The van der Waals surface area contributed by atoms with Crippen LogP contribution in [0.5, 0.6) is 0 Å². The molecule has 0 spiro atoms. The van der Waals surface area contributed by atoms with Gasteiger partial charge in [0.2, 0.25) is 0 Å². The lowest BCUT2D eigenvalue weighted by Gasteiger charge is -2.19. The first-order valence-electron chi connectivity index (χ1n) is 13.3. The summed E-state index contributed by atoms with van der Waals surface area (Å²) >= 11 is 0. The molecule has 2 unspecified atom stereocenters. The zero-order valence-electron chi connectivity index (χ0n) is 20.6. The number of hydrogen-bond acceptors (Lipinski definition) is 2. The maximum Gasteiger partial charge on any atom is 0.308 e. The van der Waals surface area contributed by atoms with Crippen LogP contribution in [0.2, 0.25) is 0 Å². The lowest BCUT2D eigenvalue weighted by atomic mass is 9.95. The second-order valence-electron chi connectivity index (χ2n) is 9.36. The standard InChI is InChI=1S/C27H54O2/c1-5-8-11-14-16-18-21-25(4)27(28)29-24-26(22-19-13-10-7-3)23-20-17-15-12-9-6-2/h25-26H,5-24H2,1-4H3. The van der Waals surface area contributed by atoms with Gasteiger partial charge in [-0.25, -0.2) is 0 Å². The Hall–Kier alpha value is -0.530. The molecule has 29 heavy (non-hydrogen) atoms. The largest absolute Gasteiger partial charge is 0.465 e. The van der Waals surface area contributed by atoms with Crippen LogP contribution < -0.4 is 0 Å². The number of esters is 1. The number of hydrogen-bond donors (Lipinski definition) is 0. The highest BCUT2D eigenvalue weighted by Crippen LogP contribution is 2.21. The van der Waals surface area contributed by atoms with Gasteiger partial charge in [-0.3, -0.25) is 4.79 Å². The SMILES string of the molecule is CCCCCCCCC(CCCCCC)COC(=O)C(C)CCCCCCCC. The Morgan fingerprint density at radius 3 is 1.45 bits per heavy atom. The van der Waals surface area contributed by atoms with Gasteiger partial charge in [0, 0.05) is 0 Å². The molecule has 0 heterocycles. The van der Waals surface area contributed by atoms with E-state index in [2.05, 4.69) is 27.7 Å². The second-order valence-corrected chi connectivity index (χ2v) is 9.36. The van der Waals surface area contributed by atoms with Crippen LogP contribution in [0.4, 0.5) is 0 Å². The van der Waals surface area contributed by atoms with Gasteiger partial charge in [-0.1, -0.05) is 130 Å². The summed E-state index contributed by atoms with van der Waals surface area (Å²) in [5.74, 6) is 0.680. The van der Waals surface area contributed by atoms with Crippen molar-refractivity contribution < 1.29 is 9.53 Å². The Morgan fingerprint density at radius 2 is 0.966 bits per heavy atom. The zero-order chi connectivity index (χ0) is 21.6. The Morgan fingerprint density at radius 1 is 0.586 bits per heavy atom. The van der Waals surface area contributed by atoms with E-state index in [0.717, 1.165) is 12.8 Å². The van der Waals surface area contributed by atoms with Crippen LogP contribution in [0.15, 0.2) is 0 Å². The molecule has 0 aromatic heterocycles. The van der Waals surface area contributed by atoms with E-state index >= 15 is 0 Å². The molecule has 0 aliphatic rings. The van der Waals surface area contributed by atoms with Crippen LogP contribution in [0.25, 0.3) is 0 Å². The van der Waals surface area contributed by atoms with E-state index in [0.29, 0.717) is 12.5 Å². The maximum absolute atomic E-state index is 12.4. The van der Waals surface area contributed by atoms with Gasteiger partial charge in [-0.05, 0) is 25.2 Å². The first-order chi connectivity index (χ1) is 14.2. The van der Waals surface area contributed by atoms with Crippen LogP contribution in [0, 0.1) is 11.8 Å². The molecule has 0 saturated carbocycles. The van der Waals surface area contributed by atoms with E-state index in [1.807, 2.05) is 0 Å². The maximum atomic E-state index is 12.4. The molecule has 0 aliphatic heterocycles. The van der Waals surface area contributed by atoms with E-state index in [1.165, 1.54) is 109 Å². The summed E-state index contributed by atoms with van der Waals surface area (Å²) in [6.45, 7) is 9.50. The van der Waals surface area contributed by atoms with Crippen molar-refractivity contribution in [2.24, 2.45) is 11.8 Å². The van der Waals surface area contributed by atoms with E-state index < -0.39 is 0 Å². The van der Waals surface area contributed by atoms with Gasteiger partial charge in [-0.15, -0.1) is 0 Å². The first kappa shape index (κ1) is 28.5. The van der Waals surface area contributed by atoms with Gasteiger partial charge in [0.1, 0.15) is 0 Å². The van der Waals surface area contributed by atoms with Crippen LogP contribution >= 0.6 is 0 Å². The van der Waals surface area contributed by atoms with Crippen molar-refractivity contribution in [1.82, 2.24) is 0 Å². The molecule has 0 bridgehead atoms. The molecule has 2 heteroatoms. The third kappa shape index (κ3) is 19.2. The molecule has 174 valence electrons. The fourth-order valence-electron chi connectivity index (χ4n) is 4.08. The highest BCUT2D eigenvalue weighted by molar-refractivity contribution is 5.71. The third-order valence-electron chi connectivity index (χ3n) is 6.29. The van der Waals surface area contributed by atoms with Crippen molar-refractivity contribution in [3.63, 3.8) is 0 Å².